The van der Waals surface area contributed by atoms with Crippen LogP contribution in [0.5, 0.6) is 0 Å². The Kier molecular flexibility index (Phi) is 2.67. The monoisotopic (exact) mass is 219 g/mol. The lowest BCUT2D eigenvalue weighted by atomic mass is 9.91. The van der Waals surface area contributed by atoms with E-state index < -0.39 is 17.3 Å². The summed E-state index contributed by atoms with van der Waals surface area (Å²) in [6.07, 6.45) is -4.39. The summed E-state index contributed by atoms with van der Waals surface area (Å²) in [5, 5.41) is 0. The van der Waals surface area contributed by atoms with Gasteiger partial charge in [0.25, 0.3) is 5.69 Å². The third kappa shape index (κ3) is 2.84. The molecule has 0 aliphatic heterocycles. The standard InChI is InChI=1S/C10H13F3N2/c1-9(2,3)7-4-6(14)5-8(15-7)10(11,12)13/h4-5H,1-3H3,(H2,14,15)/p+1. The summed E-state index contributed by atoms with van der Waals surface area (Å²) in [4.78, 5) is 2.36. The second-order valence-corrected chi connectivity index (χ2v) is 4.49. The van der Waals surface area contributed by atoms with Crippen molar-refractivity contribution in [1.82, 2.24) is 0 Å². The van der Waals surface area contributed by atoms with E-state index in [2.05, 4.69) is 4.98 Å². The number of pyridine rings is 1. The number of aromatic nitrogens is 1. The van der Waals surface area contributed by atoms with E-state index in [1.165, 1.54) is 6.07 Å². The zero-order valence-electron chi connectivity index (χ0n) is 8.87. The van der Waals surface area contributed by atoms with Crippen molar-refractivity contribution in [1.29, 1.82) is 0 Å². The number of alkyl halides is 3. The Morgan fingerprint density at radius 3 is 1.93 bits per heavy atom. The molecule has 0 saturated heterocycles. The Bertz CT molecular complexity index is 332. The van der Waals surface area contributed by atoms with Crippen molar-refractivity contribution in [2.24, 2.45) is 0 Å². The van der Waals surface area contributed by atoms with Crippen LogP contribution in [0, 0.1) is 0 Å². The number of rotatable bonds is 0. The molecule has 0 spiro atoms. The first kappa shape index (κ1) is 11.8. The molecule has 15 heavy (non-hydrogen) atoms. The van der Waals surface area contributed by atoms with Gasteiger partial charge in [-0.25, -0.2) is 4.98 Å². The fourth-order valence-corrected chi connectivity index (χ4v) is 1.15. The van der Waals surface area contributed by atoms with E-state index >= 15 is 0 Å². The Morgan fingerprint density at radius 2 is 1.53 bits per heavy atom. The number of hydrogen-bond acceptors (Lipinski definition) is 1. The van der Waals surface area contributed by atoms with Gasteiger partial charge in [-0.05, 0) is 0 Å². The van der Waals surface area contributed by atoms with Crippen LogP contribution in [-0.4, -0.2) is 0 Å². The minimum absolute atomic E-state index is 0.117. The van der Waals surface area contributed by atoms with E-state index in [1.807, 2.05) is 20.8 Å². The second kappa shape index (κ2) is 3.40. The van der Waals surface area contributed by atoms with E-state index in [-0.39, 0.29) is 5.69 Å². The molecule has 0 radical (unpaired) electrons. The number of nitrogens with one attached hydrogen (secondary N) is 1. The number of hydrogen-bond donors (Lipinski definition) is 1. The lowest BCUT2D eigenvalue weighted by molar-refractivity contribution is -0.440. The van der Waals surface area contributed by atoms with Crippen molar-refractivity contribution in [3.63, 3.8) is 0 Å². The maximum atomic E-state index is 12.4. The van der Waals surface area contributed by atoms with Crippen LogP contribution >= 0.6 is 0 Å². The molecule has 0 aliphatic rings. The average molecular weight is 219 g/mol. The smallest absolute Gasteiger partial charge is 0.398 e. The van der Waals surface area contributed by atoms with Gasteiger partial charge in [0.2, 0.25) is 0 Å². The third-order valence-electron chi connectivity index (χ3n) is 2.00. The molecule has 1 aromatic heterocycles. The molecule has 0 unspecified atom stereocenters. The minimum atomic E-state index is -4.39. The number of halogens is 3. The number of nitrogen functional groups attached to an aromatic ring is 1. The minimum Gasteiger partial charge on any atom is -0.398 e. The van der Waals surface area contributed by atoms with Crippen LogP contribution in [0.4, 0.5) is 18.9 Å². The van der Waals surface area contributed by atoms with Gasteiger partial charge in [-0.2, -0.15) is 13.2 Å². The summed E-state index contributed by atoms with van der Waals surface area (Å²) in [6, 6.07) is 2.42. The van der Waals surface area contributed by atoms with Crippen LogP contribution < -0.4 is 10.7 Å². The van der Waals surface area contributed by atoms with Gasteiger partial charge in [-0.15, -0.1) is 0 Å². The zero-order valence-corrected chi connectivity index (χ0v) is 8.87. The van der Waals surface area contributed by atoms with E-state index in [9.17, 15) is 13.2 Å². The molecule has 3 N–H and O–H groups in total. The maximum Gasteiger partial charge on any atom is 0.477 e. The molecule has 2 nitrogen and oxygen atoms in total. The summed E-state index contributed by atoms with van der Waals surface area (Å²) < 4.78 is 37.3. The molecule has 0 bridgehead atoms. The number of aromatic amines is 1. The fraction of sp³-hybridized carbons (Fsp3) is 0.500. The second-order valence-electron chi connectivity index (χ2n) is 4.49. The first-order valence-electron chi connectivity index (χ1n) is 4.51. The normalized spacial score (nSPS) is 12.9. The number of nitrogens with two attached hydrogens (primary N) is 1. The van der Waals surface area contributed by atoms with Gasteiger partial charge < -0.3 is 5.73 Å². The molecular weight excluding hydrogens is 205 g/mol. The van der Waals surface area contributed by atoms with E-state index in [0.717, 1.165) is 6.07 Å². The van der Waals surface area contributed by atoms with Crippen LogP contribution in [0.15, 0.2) is 12.1 Å². The van der Waals surface area contributed by atoms with Crippen molar-refractivity contribution >= 4 is 5.69 Å². The molecule has 0 atom stereocenters. The highest BCUT2D eigenvalue weighted by molar-refractivity contribution is 5.39. The third-order valence-corrected chi connectivity index (χ3v) is 2.00. The highest BCUT2D eigenvalue weighted by Gasteiger charge is 2.39. The molecule has 1 rings (SSSR count). The quantitative estimate of drug-likeness (QED) is 0.715. The SMILES string of the molecule is CC(C)(C)c1cc(N)cc(C(F)(F)F)[nH+]1. The van der Waals surface area contributed by atoms with Gasteiger partial charge in [0.15, 0.2) is 5.69 Å². The molecule has 1 aromatic rings. The van der Waals surface area contributed by atoms with Gasteiger partial charge in [0.1, 0.15) is 0 Å². The summed E-state index contributed by atoms with van der Waals surface area (Å²) in [7, 11) is 0. The molecule has 0 fully saturated rings. The van der Waals surface area contributed by atoms with Crippen molar-refractivity contribution < 1.29 is 18.2 Å². The summed E-state index contributed by atoms with van der Waals surface area (Å²) in [5.74, 6) is 0. The van der Waals surface area contributed by atoms with Gasteiger partial charge in [-0.1, -0.05) is 20.8 Å². The Hall–Kier alpha value is -1.26. The summed E-state index contributed by atoms with van der Waals surface area (Å²) in [6.45, 7) is 5.45. The van der Waals surface area contributed by atoms with Gasteiger partial charge in [0, 0.05) is 23.2 Å². The molecule has 0 aromatic carbocycles. The largest absolute Gasteiger partial charge is 0.477 e. The highest BCUT2D eigenvalue weighted by atomic mass is 19.4. The molecule has 84 valence electrons. The van der Waals surface area contributed by atoms with Crippen LogP contribution in [0.25, 0.3) is 0 Å². The number of anilines is 1. The average Bonchev–Trinajstić information content (AvgIpc) is 1.99. The summed E-state index contributed by atoms with van der Waals surface area (Å²) >= 11 is 0. The van der Waals surface area contributed by atoms with Gasteiger partial charge in [0.05, 0.1) is 0 Å². The Balaban J connectivity index is 3.30. The first-order chi connectivity index (χ1) is 6.60. The van der Waals surface area contributed by atoms with Crippen LogP contribution in [0.3, 0.4) is 0 Å². The Morgan fingerprint density at radius 1 is 1.07 bits per heavy atom. The summed E-state index contributed by atoms with van der Waals surface area (Å²) in [5.41, 5.74) is 4.81. The molecule has 0 aliphatic carbocycles. The molecular formula is C10H14F3N2+. The maximum absolute atomic E-state index is 12.4. The molecule has 1 heterocycles. The number of H-pyrrole nitrogens is 1. The Labute approximate surface area is 86.3 Å². The zero-order chi connectivity index (χ0) is 11.9. The predicted octanol–water partition coefficient (Wildman–Crippen LogP) is 2.40. The fourth-order valence-electron chi connectivity index (χ4n) is 1.15. The topological polar surface area (TPSA) is 40.2 Å². The van der Waals surface area contributed by atoms with E-state index in [4.69, 9.17) is 5.73 Å². The lowest BCUT2D eigenvalue weighted by Crippen LogP contribution is -2.31. The van der Waals surface area contributed by atoms with Crippen LogP contribution in [0.1, 0.15) is 32.2 Å². The predicted molar refractivity (Wildman–Crippen MR) is 51.1 cm³/mol. The van der Waals surface area contributed by atoms with E-state index in [1.54, 1.807) is 0 Å². The first-order valence-corrected chi connectivity index (χ1v) is 4.51. The van der Waals surface area contributed by atoms with Crippen molar-refractivity contribution in [3.8, 4) is 0 Å². The van der Waals surface area contributed by atoms with Crippen LogP contribution in [0.2, 0.25) is 0 Å². The highest BCUT2D eigenvalue weighted by Crippen LogP contribution is 2.29. The molecule has 5 heteroatoms. The van der Waals surface area contributed by atoms with Crippen molar-refractivity contribution in [2.45, 2.75) is 32.4 Å². The van der Waals surface area contributed by atoms with Crippen molar-refractivity contribution in [2.75, 3.05) is 5.73 Å². The van der Waals surface area contributed by atoms with Gasteiger partial charge in [-0.3, -0.25) is 0 Å². The van der Waals surface area contributed by atoms with Crippen LogP contribution in [-0.2, 0) is 11.6 Å². The van der Waals surface area contributed by atoms with E-state index in [0.29, 0.717) is 5.69 Å². The van der Waals surface area contributed by atoms with Crippen molar-refractivity contribution in [3.05, 3.63) is 23.5 Å². The van der Waals surface area contributed by atoms with Gasteiger partial charge >= 0.3 is 6.18 Å². The lowest BCUT2D eigenvalue weighted by Gasteiger charge is -2.14. The molecule has 0 amide bonds. The molecule has 0 saturated carbocycles.